The molecule has 0 saturated carbocycles. The molecule has 0 unspecified atom stereocenters. The lowest BCUT2D eigenvalue weighted by atomic mass is 9.98. The second-order valence-corrected chi connectivity index (χ2v) is 3.74. The van der Waals surface area contributed by atoms with Crippen molar-refractivity contribution in [3.8, 4) is 0 Å². The highest BCUT2D eigenvalue weighted by Crippen LogP contribution is 2.44. The molecule has 0 bridgehead atoms. The van der Waals surface area contributed by atoms with Crippen LogP contribution in [0.25, 0.3) is 0 Å². The zero-order valence-electron chi connectivity index (χ0n) is 8.24. The molecule has 92 valence electrons. The molecular weight excluding hydrogens is 222 g/mol. The van der Waals surface area contributed by atoms with Crippen molar-refractivity contribution >= 4 is 5.91 Å². The number of nitrogens with one attached hydrogen (secondary N) is 1. The van der Waals surface area contributed by atoms with Crippen LogP contribution in [0.3, 0.4) is 0 Å². The predicted molar refractivity (Wildman–Crippen MR) is 46.8 cm³/mol. The van der Waals surface area contributed by atoms with Gasteiger partial charge < -0.3 is 35.2 Å². The molecule has 0 aromatic carbocycles. The summed E-state index contributed by atoms with van der Waals surface area (Å²) >= 11 is 0. The van der Waals surface area contributed by atoms with Crippen LogP contribution in [0.5, 0.6) is 0 Å². The molecule has 5 N–H and O–H groups in total. The minimum Gasteiger partial charge on any atom is -0.394 e. The summed E-state index contributed by atoms with van der Waals surface area (Å²) in [5, 5.41) is 38.9. The molecule has 2 aliphatic rings. The summed E-state index contributed by atoms with van der Waals surface area (Å²) in [6, 6.07) is 0. The number of carbonyl (C=O) groups excluding carboxylic acids is 1. The Morgan fingerprint density at radius 1 is 1.38 bits per heavy atom. The first-order valence-electron chi connectivity index (χ1n) is 4.77. The van der Waals surface area contributed by atoms with Gasteiger partial charge in [0.1, 0.15) is 24.9 Å². The first-order chi connectivity index (χ1) is 7.55. The van der Waals surface area contributed by atoms with E-state index in [0.717, 1.165) is 0 Å². The fourth-order valence-corrected chi connectivity index (χ4v) is 1.75. The SMILES string of the molecule is O=C(CO)N[C@@]12O[C@@H]1O[C@H](CO)[C@@H](O)[C@@H]2O. The first kappa shape index (κ1) is 11.7. The van der Waals surface area contributed by atoms with E-state index in [1.165, 1.54) is 0 Å². The molecule has 8 heteroatoms. The molecule has 1 amide bonds. The standard InChI is InChI=1S/C8H13NO7/c10-1-3-5(13)6(14)8(7(15-3)16-8)9-4(12)2-11/h3,5-7,10-11,13-14H,1-2H2,(H,9,12)/t3-,5-,6+,7+,8+/m1/s1. The molecule has 0 radical (unpaired) electrons. The van der Waals surface area contributed by atoms with Gasteiger partial charge in [-0.15, -0.1) is 0 Å². The van der Waals surface area contributed by atoms with E-state index >= 15 is 0 Å². The Morgan fingerprint density at radius 2 is 2.06 bits per heavy atom. The predicted octanol–water partition coefficient (Wildman–Crippen LogP) is -3.74. The topological polar surface area (TPSA) is 132 Å². The number of epoxide rings is 1. The summed E-state index contributed by atoms with van der Waals surface area (Å²) < 4.78 is 10.0. The number of aliphatic hydroxyl groups is 4. The minimum absolute atomic E-state index is 0.470. The van der Waals surface area contributed by atoms with Gasteiger partial charge in [0, 0.05) is 0 Å². The largest absolute Gasteiger partial charge is 0.394 e. The Bertz CT molecular complexity index is 298. The van der Waals surface area contributed by atoms with Crippen LogP contribution >= 0.6 is 0 Å². The van der Waals surface area contributed by atoms with E-state index in [4.69, 9.17) is 19.7 Å². The second-order valence-electron chi connectivity index (χ2n) is 3.74. The van der Waals surface area contributed by atoms with Gasteiger partial charge in [0.15, 0.2) is 0 Å². The average Bonchev–Trinajstić information content (AvgIpc) is 2.98. The molecular formula is C8H13NO7. The van der Waals surface area contributed by atoms with Crippen LogP contribution in [0.15, 0.2) is 0 Å². The van der Waals surface area contributed by atoms with E-state index in [1.54, 1.807) is 0 Å². The quantitative estimate of drug-likeness (QED) is 0.317. The summed E-state index contributed by atoms with van der Waals surface area (Å²) in [5.41, 5.74) is -1.51. The molecule has 2 saturated heterocycles. The van der Waals surface area contributed by atoms with Crippen LogP contribution in [0.2, 0.25) is 0 Å². The van der Waals surface area contributed by atoms with E-state index in [9.17, 15) is 15.0 Å². The summed E-state index contributed by atoms with van der Waals surface area (Å²) in [6.07, 6.45) is -4.66. The van der Waals surface area contributed by atoms with Crippen LogP contribution < -0.4 is 5.32 Å². The summed E-state index contributed by atoms with van der Waals surface area (Å²) in [6.45, 7) is -1.23. The van der Waals surface area contributed by atoms with Crippen LogP contribution in [0, 0.1) is 0 Å². The average molecular weight is 235 g/mol. The van der Waals surface area contributed by atoms with E-state index in [0.29, 0.717) is 0 Å². The lowest BCUT2D eigenvalue weighted by molar-refractivity contribution is -0.166. The fourth-order valence-electron chi connectivity index (χ4n) is 1.75. The van der Waals surface area contributed by atoms with Gasteiger partial charge in [-0.25, -0.2) is 0 Å². The van der Waals surface area contributed by atoms with Crippen molar-refractivity contribution in [3.63, 3.8) is 0 Å². The number of fused-ring (bicyclic) bond motifs is 1. The Balaban J connectivity index is 2.07. The smallest absolute Gasteiger partial charge is 0.248 e. The van der Waals surface area contributed by atoms with Gasteiger partial charge in [-0.05, 0) is 0 Å². The number of hydrogen-bond donors (Lipinski definition) is 5. The van der Waals surface area contributed by atoms with Gasteiger partial charge in [0.2, 0.25) is 17.9 Å². The van der Waals surface area contributed by atoms with Gasteiger partial charge in [0.25, 0.3) is 0 Å². The number of amides is 1. The van der Waals surface area contributed by atoms with Crippen molar-refractivity contribution < 1.29 is 34.7 Å². The molecule has 5 atom stereocenters. The molecule has 8 nitrogen and oxygen atoms in total. The Hall–Kier alpha value is -0.770. The third-order valence-electron chi connectivity index (χ3n) is 2.70. The molecule has 0 aromatic heterocycles. The maximum Gasteiger partial charge on any atom is 0.248 e. The molecule has 2 fully saturated rings. The molecule has 0 aromatic rings. The highest BCUT2D eigenvalue weighted by Gasteiger charge is 2.70. The summed E-state index contributed by atoms with van der Waals surface area (Å²) in [4.78, 5) is 11.0. The molecule has 0 aliphatic carbocycles. The number of carbonyl (C=O) groups is 1. The molecule has 16 heavy (non-hydrogen) atoms. The first-order valence-corrected chi connectivity index (χ1v) is 4.77. The Labute approximate surface area is 90.4 Å². The van der Waals surface area contributed by atoms with Gasteiger partial charge in [0.05, 0.1) is 6.61 Å². The van der Waals surface area contributed by atoms with Crippen LogP contribution in [0.4, 0.5) is 0 Å². The summed E-state index contributed by atoms with van der Waals surface area (Å²) in [5.74, 6) is -0.750. The zero-order valence-corrected chi connectivity index (χ0v) is 8.24. The fraction of sp³-hybridized carbons (Fsp3) is 0.875. The van der Waals surface area contributed by atoms with Crippen molar-refractivity contribution in [2.45, 2.75) is 30.3 Å². The Kier molecular flexibility index (Phi) is 2.86. The van der Waals surface area contributed by atoms with Crippen molar-refractivity contribution in [2.24, 2.45) is 0 Å². The number of ether oxygens (including phenoxy) is 2. The van der Waals surface area contributed by atoms with E-state index in [2.05, 4.69) is 5.32 Å². The van der Waals surface area contributed by atoms with E-state index < -0.39 is 49.4 Å². The van der Waals surface area contributed by atoms with Gasteiger partial charge in [-0.3, -0.25) is 4.79 Å². The summed E-state index contributed by atoms with van der Waals surface area (Å²) in [7, 11) is 0. The molecule has 0 spiro atoms. The van der Waals surface area contributed by atoms with Crippen LogP contribution in [-0.4, -0.2) is 69.9 Å². The van der Waals surface area contributed by atoms with Crippen LogP contribution in [-0.2, 0) is 14.3 Å². The minimum atomic E-state index is -1.51. The van der Waals surface area contributed by atoms with Crippen molar-refractivity contribution in [2.75, 3.05) is 13.2 Å². The highest BCUT2D eigenvalue weighted by atomic mass is 16.8. The maximum absolute atomic E-state index is 11.0. The lowest BCUT2D eigenvalue weighted by Crippen LogP contribution is -2.61. The third-order valence-corrected chi connectivity index (χ3v) is 2.70. The molecule has 2 aliphatic heterocycles. The van der Waals surface area contributed by atoms with E-state index in [1.807, 2.05) is 0 Å². The number of hydrogen-bond acceptors (Lipinski definition) is 7. The number of rotatable bonds is 3. The normalized spacial score (nSPS) is 46.0. The molecule has 2 rings (SSSR count). The third kappa shape index (κ3) is 1.59. The van der Waals surface area contributed by atoms with Crippen molar-refractivity contribution in [3.05, 3.63) is 0 Å². The van der Waals surface area contributed by atoms with Crippen LogP contribution in [0.1, 0.15) is 0 Å². The lowest BCUT2D eigenvalue weighted by Gasteiger charge is -2.33. The van der Waals surface area contributed by atoms with Gasteiger partial charge in [-0.1, -0.05) is 0 Å². The van der Waals surface area contributed by atoms with Crippen molar-refractivity contribution in [1.82, 2.24) is 5.32 Å². The second kappa shape index (κ2) is 3.91. The molecule has 2 heterocycles. The van der Waals surface area contributed by atoms with E-state index in [-0.39, 0.29) is 0 Å². The zero-order chi connectivity index (χ0) is 11.9. The number of aliphatic hydroxyl groups excluding tert-OH is 4. The Morgan fingerprint density at radius 3 is 2.62 bits per heavy atom. The maximum atomic E-state index is 11.0. The van der Waals surface area contributed by atoms with Gasteiger partial charge in [-0.2, -0.15) is 0 Å². The monoisotopic (exact) mass is 235 g/mol. The van der Waals surface area contributed by atoms with Gasteiger partial charge >= 0.3 is 0 Å². The van der Waals surface area contributed by atoms with Crippen molar-refractivity contribution in [1.29, 1.82) is 0 Å². The highest BCUT2D eigenvalue weighted by molar-refractivity contribution is 5.78.